The van der Waals surface area contributed by atoms with Gasteiger partial charge >= 0.3 is 0 Å². The number of carbonyl (C=O) groups excluding carboxylic acids is 2. The van der Waals surface area contributed by atoms with E-state index < -0.39 is 10.2 Å². The van der Waals surface area contributed by atoms with Crippen LogP contribution in [0.5, 0.6) is 11.5 Å². The average molecular weight is 875 g/mol. The van der Waals surface area contributed by atoms with Crippen LogP contribution in [-0.4, -0.2) is 72.9 Å². The Morgan fingerprint density at radius 1 is 0.719 bits per heavy atom. The van der Waals surface area contributed by atoms with Crippen LogP contribution in [-0.2, 0) is 52.0 Å². The average Bonchev–Trinajstić information content (AvgIpc) is 3.33. The summed E-state index contributed by atoms with van der Waals surface area (Å²) in [6.07, 6.45) is 2.58. The Balaban J connectivity index is 1.02. The van der Waals surface area contributed by atoms with Crippen molar-refractivity contribution in [2.45, 2.75) is 64.1 Å². The number of carbonyl (C=O) groups is 2. The number of aryl methyl sites for hydroxylation is 1. The normalized spacial score (nSPS) is 15.8. The third-order valence-electron chi connectivity index (χ3n) is 11.4. The van der Waals surface area contributed by atoms with Crippen LogP contribution in [0.4, 0.5) is 5.69 Å². The van der Waals surface area contributed by atoms with E-state index in [9.17, 15) is 29.8 Å². The lowest BCUT2D eigenvalue weighted by atomic mass is 9.86. The van der Waals surface area contributed by atoms with Gasteiger partial charge in [0.25, 0.3) is 22.0 Å². The van der Waals surface area contributed by atoms with Crippen LogP contribution < -0.4 is 14.4 Å². The number of hydrogen-bond acceptors (Lipinski definition) is 12. The first-order valence-electron chi connectivity index (χ1n) is 21.1. The number of piperidine rings is 1. The van der Waals surface area contributed by atoms with E-state index in [2.05, 4.69) is 9.68 Å². The third-order valence-corrected chi connectivity index (χ3v) is 11.4. The molecule has 64 heavy (non-hydrogen) atoms. The molecule has 16 nitrogen and oxygen atoms in total. The highest BCUT2D eigenvalue weighted by atomic mass is 17.0. The molecular weight excluding hydrogens is 825 g/mol. The first kappa shape index (κ1) is 45.0. The van der Waals surface area contributed by atoms with Gasteiger partial charge in [0.15, 0.2) is 0 Å². The van der Waals surface area contributed by atoms with Crippen molar-refractivity contribution in [2.24, 2.45) is 0 Å². The topological polar surface area (TPSA) is 182 Å². The molecule has 334 valence electrons. The summed E-state index contributed by atoms with van der Waals surface area (Å²) in [4.78, 5) is 61.4. The number of likely N-dealkylation sites (tertiary alicyclic amines) is 1. The number of hydrogen-bond donors (Lipinski definition) is 0. The van der Waals surface area contributed by atoms with E-state index in [1.54, 1.807) is 65.4 Å². The van der Waals surface area contributed by atoms with Crippen molar-refractivity contribution in [3.63, 3.8) is 0 Å². The molecule has 0 radical (unpaired) electrons. The van der Waals surface area contributed by atoms with Gasteiger partial charge in [-0.2, -0.15) is 0 Å². The third kappa shape index (κ3) is 11.9. The Morgan fingerprint density at radius 2 is 1.38 bits per heavy atom. The van der Waals surface area contributed by atoms with Gasteiger partial charge in [0.1, 0.15) is 24.7 Å². The fourth-order valence-corrected chi connectivity index (χ4v) is 8.02. The van der Waals surface area contributed by atoms with Crippen molar-refractivity contribution in [2.75, 3.05) is 44.9 Å². The summed E-state index contributed by atoms with van der Waals surface area (Å²) in [6, 6.07) is 35.0. The molecule has 7 rings (SSSR count). The first-order valence-corrected chi connectivity index (χ1v) is 21.1. The predicted molar refractivity (Wildman–Crippen MR) is 234 cm³/mol. The van der Waals surface area contributed by atoms with Crippen molar-refractivity contribution in [1.82, 2.24) is 4.90 Å². The number of nitrogens with zero attached hydrogens (tertiary/aromatic N) is 4. The summed E-state index contributed by atoms with van der Waals surface area (Å²) in [6.45, 7) is 2.63. The minimum atomic E-state index is -0.852. The smallest absolute Gasteiger partial charge is 0.294 e. The molecule has 0 spiro atoms. The van der Waals surface area contributed by atoms with E-state index in [0.29, 0.717) is 74.6 Å². The molecule has 1 saturated heterocycles. The SMILES string of the molecule is COc1ccccc1COCCCOc1ccc(C2CCN(C(=O)c3ccc(CO[N+](=O)[O-])cc3)CC2OCc2ccc3c(c2)N(C(=O)c2ccc(CO[N+](=O)[O-])cc2)CCC3)cc1. The van der Waals surface area contributed by atoms with Gasteiger partial charge in [0.05, 0.1) is 39.6 Å². The highest BCUT2D eigenvalue weighted by Gasteiger charge is 2.34. The fraction of sp³-hybridized carbons (Fsp3) is 0.333. The zero-order valence-corrected chi connectivity index (χ0v) is 35.5. The molecule has 2 atom stereocenters. The molecule has 16 heteroatoms. The van der Waals surface area contributed by atoms with Crippen LogP contribution in [0.2, 0.25) is 0 Å². The van der Waals surface area contributed by atoms with E-state index in [-0.39, 0.29) is 43.7 Å². The Kier molecular flexibility index (Phi) is 15.4. The van der Waals surface area contributed by atoms with Gasteiger partial charge in [-0.1, -0.05) is 66.7 Å². The minimum absolute atomic E-state index is 0.0439. The summed E-state index contributed by atoms with van der Waals surface area (Å²) in [5.74, 6) is 1.14. The van der Waals surface area contributed by atoms with Crippen molar-refractivity contribution >= 4 is 17.5 Å². The Morgan fingerprint density at radius 3 is 2.05 bits per heavy atom. The standard InChI is InChI=1S/C48H50N4O12/c1-59-45-8-3-2-6-41(45)33-60-26-5-27-61-42-21-19-37(20-22-42)43-23-25-49(47(53)39-15-9-34(10-16-39)31-63-51(55)56)29-46(43)62-30-36-13-14-38-7-4-24-50(44(38)28-36)48(54)40-17-11-35(12-18-40)32-64-52(57)58/h2-3,6,8-22,28,43,46H,4-5,7,23-27,29-33H2,1H3. The second kappa shape index (κ2) is 21.8. The number of anilines is 1. The Labute approximate surface area is 370 Å². The maximum absolute atomic E-state index is 13.8. The van der Waals surface area contributed by atoms with Crippen molar-refractivity contribution < 1.29 is 48.4 Å². The summed E-state index contributed by atoms with van der Waals surface area (Å²) >= 11 is 0. The maximum Gasteiger partial charge on any atom is 0.294 e. The van der Waals surface area contributed by atoms with Gasteiger partial charge in [0, 0.05) is 54.4 Å². The zero-order chi connectivity index (χ0) is 44.8. The van der Waals surface area contributed by atoms with Crippen LogP contribution in [0.3, 0.4) is 0 Å². The molecule has 0 saturated carbocycles. The molecule has 0 N–H and O–H groups in total. The Bertz CT molecular complexity index is 2380. The number of para-hydroxylation sites is 1. The van der Waals surface area contributed by atoms with E-state index in [4.69, 9.17) is 18.9 Å². The number of fused-ring (bicyclic) bond motifs is 1. The summed E-state index contributed by atoms with van der Waals surface area (Å²) in [7, 11) is 1.64. The monoisotopic (exact) mass is 874 g/mol. The van der Waals surface area contributed by atoms with E-state index in [0.717, 1.165) is 52.3 Å². The summed E-state index contributed by atoms with van der Waals surface area (Å²) < 4.78 is 24.0. The Hall–Kier alpha value is -7.04. The molecule has 0 aromatic heterocycles. The summed E-state index contributed by atoms with van der Waals surface area (Å²) in [5, 5.41) is 19.6. The molecule has 0 bridgehead atoms. The lowest BCUT2D eigenvalue weighted by Crippen LogP contribution is -2.46. The number of amides is 2. The maximum atomic E-state index is 13.8. The quantitative estimate of drug-likeness (QED) is 0.0419. The minimum Gasteiger partial charge on any atom is -0.496 e. The van der Waals surface area contributed by atoms with Crippen LogP contribution in [0.15, 0.2) is 115 Å². The fourth-order valence-electron chi connectivity index (χ4n) is 8.02. The van der Waals surface area contributed by atoms with Gasteiger partial charge in [-0.15, -0.1) is 20.2 Å². The molecular formula is C48H50N4O12. The molecule has 5 aromatic rings. The number of rotatable bonds is 20. The van der Waals surface area contributed by atoms with Crippen molar-refractivity contribution in [3.05, 3.63) is 180 Å². The van der Waals surface area contributed by atoms with Crippen LogP contribution in [0.1, 0.15) is 79.3 Å². The molecule has 2 unspecified atom stereocenters. The number of methoxy groups -OCH3 is 1. The number of ether oxygens (including phenoxy) is 4. The van der Waals surface area contributed by atoms with Crippen molar-refractivity contribution in [3.8, 4) is 11.5 Å². The lowest BCUT2D eigenvalue weighted by Gasteiger charge is -2.39. The molecule has 2 aliphatic heterocycles. The molecule has 2 amide bonds. The van der Waals surface area contributed by atoms with Gasteiger partial charge < -0.3 is 38.4 Å². The second-order valence-electron chi connectivity index (χ2n) is 15.5. The van der Waals surface area contributed by atoms with E-state index in [1.807, 2.05) is 66.7 Å². The molecule has 1 fully saturated rings. The molecule has 2 aliphatic rings. The molecule has 0 aliphatic carbocycles. The largest absolute Gasteiger partial charge is 0.496 e. The van der Waals surface area contributed by atoms with Crippen LogP contribution >= 0.6 is 0 Å². The van der Waals surface area contributed by atoms with Crippen molar-refractivity contribution in [1.29, 1.82) is 0 Å². The van der Waals surface area contributed by atoms with Gasteiger partial charge in [-0.25, -0.2) is 0 Å². The zero-order valence-electron chi connectivity index (χ0n) is 35.5. The first-order chi connectivity index (χ1) is 31.1. The lowest BCUT2D eigenvalue weighted by molar-refractivity contribution is -0.763. The van der Waals surface area contributed by atoms with Crippen LogP contribution in [0.25, 0.3) is 0 Å². The molecule has 5 aromatic carbocycles. The van der Waals surface area contributed by atoms with Gasteiger partial charge in [-0.3, -0.25) is 9.59 Å². The number of benzene rings is 5. The second-order valence-corrected chi connectivity index (χ2v) is 15.5. The summed E-state index contributed by atoms with van der Waals surface area (Å²) in [5.41, 5.74) is 6.82. The highest BCUT2D eigenvalue weighted by molar-refractivity contribution is 6.06. The van der Waals surface area contributed by atoms with Gasteiger partial charge in [-0.05, 0) is 95.6 Å². The highest BCUT2D eigenvalue weighted by Crippen LogP contribution is 2.35. The predicted octanol–water partition coefficient (Wildman–Crippen LogP) is 7.91. The molecule has 2 heterocycles. The van der Waals surface area contributed by atoms with E-state index >= 15 is 0 Å². The van der Waals surface area contributed by atoms with Crippen LogP contribution in [0, 0.1) is 20.2 Å². The van der Waals surface area contributed by atoms with Gasteiger partial charge in [0.2, 0.25) is 0 Å². The van der Waals surface area contributed by atoms with E-state index in [1.165, 1.54) is 0 Å².